The van der Waals surface area contributed by atoms with Gasteiger partial charge in [0.25, 0.3) is 0 Å². The largest absolute Gasteiger partial charge is 0.480 e. The van der Waals surface area contributed by atoms with E-state index in [0.717, 1.165) is 0 Å². The summed E-state index contributed by atoms with van der Waals surface area (Å²) in [6, 6.07) is -2.98. The van der Waals surface area contributed by atoms with E-state index in [1.54, 1.807) is 27.7 Å². The highest BCUT2D eigenvalue weighted by atomic mass is 16.4. The predicted molar refractivity (Wildman–Crippen MR) is 99.7 cm³/mol. The van der Waals surface area contributed by atoms with E-state index < -0.39 is 47.9 Å². The maximum atomic E-state index is 12.5. The van der Waals surface area contributed by atoms with Crippen LogP contribution in [0.2, 0.25) is 0 Å². The molecule has 0 aromatic rings. The summed E-state index contributed by atoms with van der Waals surface area (Å²) >= 11 is 0. The molecule has 27 heavy (non-hydrogen) atoms. The van der Waals surface area contributed by atoms with Crippen LogP contribution in [-0.2, 0) is 19.2 Å². The molecule has 156 valence electrons. The molecule has 3 amide bonds. The summed E-state index contributed by atoms with van der Waals surface area (Å²) in [5.74, 6) is -3.59. The lowest BCUT2D eigenvalue weighted by Crippen LogP contribution is -2.58. The highest BCUT2D eigenvalue weighted by Gasteiger charge is 2.32. The van der Waals surface area contributed by atoms with Crippen LogP contribution >= 0.6 is 0 Å². The summed E-state index contributed by atoms with van der Waals surface area (Å²) in [6.07, 6.45) is -0.432. The summed E-state index contributed by atoms with van der Waals surface area (Å²) in [5, 5.41) is 26.2. The fraction of sp³-hybridized carbons (Fsp3) is 0.778. The maximum Gasteiger partial charge on any atom is 0.326 e. The molecule has 0 aliphatic rings. The number of nitrogens with one attached hydrogen (secondary N) is 3. The minimum absolute atomic E-state index is 0.212. The van der Waals surface area contributed by atoms with Crippen LogP contribution < -0.4 is 16.0 Å². The molecule has 5 atom stereocenters. The number of hydrogen-bond donors (Lipinski definition) is 5. The van der Waals surface area contributed by atoms with Gasteiger partial charge in [-0.1, -0.05) is 41.0 Å². The molecule has 0 fully saturated rings. The van der Waals surface area contributed by atoms with Crippen LogP contribution in [0.5, 0.6) is 0 Å². The highest BCUT2D eigenvalue weighted by Crippen LogP contribution is 2.10. The molecular formula is C18H33N3O6. The van der Waals surface area contributed by atoms with Crippen LogP contribution in [-0.4, -0.2) is 58.1 Å². The van der Waals surface area contributed by atoms with Crippen molar-refractivity contribution in [1.29, 1.82) is 0 Å². The van der Waals surface area contributed by atoms with E-state index in [9.17, 15) is 29.4 Å². The summed E-state index contributed by atoms with van der Waals surface area (Å²) < 4.78 is 0. The van der Waals surface area contributed by atoms with Gasteiger partial charge in [-0.3, -0.25) is 14.4 Å². The lowest BCUT2D eigenvalue weighted by molar-refractivity contribution is -0.144. The Morgan fingerprint density at radius 1 is 0.778 bits per heavy atom. The second-order valence-corrected chi connectivity index (χ2v) is 7.09. The molecule has 9 nitrogen and oxygen atoms in total. The average Bonchev–Trinajstić information content (AvgIpc) is 2.61. The van der Waals surface area contributed by atoms with E-state index in [4.69, 9.17) is 0 Å². The fourth-order valence-corrected chi connectivity index (χ4v) is 2.30. The van der Waals surface area contributed by atoms with Gasteiger partial charge in [-0.2, -0.15) is 0 Å². The normalized spacial score (nSPS) is 16.6. The highest BCUT2D eigenvalue weighted by molar-refractivity contribution is 5.93. The lowest BCUT2D eigenvalue weighted by Gasteiger charge is -2.27. The number of carbonyl (C=O) groups excluding carboxylic acids is 3. The molecule has 0 spiro atoms. The van der Waals surface area contributed by atoms with Crippen LogP contribution in [0.3, 0.4) is 0 Å². The summed E-state index contributed by atoms with van der Waals surface area (Å²) in [4.78, 5) is 47.9. The Labute approximate surface area is 160 Å². The molecule has 1 unspecified atom stereocenters. The van der Waals surface area contributed by atoms with Crippen molar-refractivity contribution in [3.63, 3.8) is 0 Å². The van der Waals surface area contributed by atoms with Crippen LogP contribution in [0.4, 0.5) is 0 Å². The van der Waals surface area contributed by atoms with Crippen LogP contribution in [0.25, 0.3) is 0 Å². The van der Waals surface area contributed by atoms with Crippen molar-refractivity contribution in [2.75, 3.05) is 0 Å². The first-order valence-electron chi connectivity index (χ1n) is 9.28. The summed E-state index contributed by atoms with van der Waals surface area (Å²) in [7, 11) is 0. The van der Waals surface area contributed by atoms with E-state index in [-0.39, 0.29) is 18.3 Å². The minimum atomic E-state index is -1.21. The van der Waals surface area contributed by atoms with Crippen molar-refractivity contribution in [2.45, 2.75) is 78.6 Å². The molecule has 0 aromatic carbocycles. The van der Waals surface area contributed by atoms with Crippen LogP contribution in [0.15, 0.2) is 0 Å². The summed E-state index contributed by atoms with van der Waals surface area (Å²) in [5.41, 5.74) is 0. The standard InChI is InChI=1S/C18H33N3O6/c1-7-10(5)14(18(26)27)21-17(25)13(9(3)4)20-15(23)11(6)19-16(24)12(22)8-2/h9-14,22H,7-8H2,1-6H3,(H,19,24)(H,20,23)(H,21,25)(H,26,27)/t10-,11-,12?,13-,14-/m0/s1. The molecule has 0 bridgehead atoms. The number of aliphatic hydroxyl groups is 1. The van der Waals surface area contributed by atoms with Crippen molar-refractivity contribution in [2.24, 2.45) is 11.8 Å². The SMILES string of the molecule is CCC(O)C(=O)N[C@@H](C)C(=O)N[C@H](C(=O)N[C@H](C(=O)O)[C@@H](C)CC)C(C)C. The third-order valence-electron chi connectivity index (χ3n) is 4.47. The molecule has 0 aliphatic heterocycles. The molecule has 0 rings (SSSR count). The number of rotatable bonds is 11. The van der Waals surface area contributed by atoms with E-state index >= 15 is 0 Å². The van der Waals surface area contributed by atoms with Crippen molar-refractivity contribution in [1.82, 2.24) is 16.0 Å². The minimum Gasteiger partial charge on any atom is -0.480 e. The van der Waals surface area contributed by atoms with E-state index in [0.29, 0.717) is 6.42 Å². The molecule has 0 aromatic heterocycles. The van der Waals surface area contributed by atoms with Crippen molar-refractivity contribution >= 4 is 23.7 Å². The molecule has 0 aliphatic carbocycles. The number of hydrogen-bond acceptors (Lipinski definition) is 5. The third-order valence-corrected chi connectivity index (χ3v) is 4.47. The maximum absolute atomic E-state index is 12.5. The molecule has 0 saturated carbocycles. The lowest BCUT2D eigenvalue weighted by atomic mass is 9.97. The number of carboxylic acids is 1. The zero-order valence-electron chi connectivity index (χ0n) is 16.9. The van der Waals surface area contributed by atoms with Crippen molar-refractivity contribution < 1.29 is 29.4 Å². The Kier molecular flexibility index (Phi) is 10.6. The number of aliphatic hydroxyl groups excluding tert-OH is 1. The van der Waals surface area contributed by atoms with E-state index in [2.05, 4.69) is 16.0 Å². The first-order valence-corrected chi connectivity index (χ1v) is 9.28. The van der Waals surface area contributed by atoms with Crippen LogP contribution in [0, 0.1) is 11.8 Å². The van der Waals surface area contributed by atoms with Crippen molar-refractivity contribution in [3.05, 3.63) is 0 Å². The van der Waals surface area contributed by atoms with Gasteiger partial charge < -0.3 is 26.2 Å². The number of carboxylic acid groups (broad SMARTS) is 1. The Morgan fingerprint density at radius 2 is 1.30 bits per heavy atom. The second-order valence-electron chi connectivity index (χ2n) is 7.09. The van der Waals surface area contributed by atoms with Gasteiger partial charge in [0.05, 0.1) is 0 Å². The van der Waals surface area contributed by atoms with Gasteiger partial charge in [-0.25, -0.2) is 4.79 Å². The van der Waals surface area contributed by atoms with Crippen molar-refractivity contribution in [3.8, 4) is 0 Å². The molecule has 0 radical (unpaired) electrons. The number of amides is 3. The quantitative estimate of drug-likeness (QED) is 0.338. The summed E-state index contributed by atoms with van der Waals surface area (Å²) in [6.45, 7) is 10.0. The van der Waals surface area contributed by atoms with Gasteiger partial charge in [0.15, 0.2) is 0 Å². The molecule has 9 heteroatoms. The topological polar surface area (TPSA) is 145 Å². The number of carbonyl (C=O) groups is 4. The first-order chi connectivity index (χ1) is 12.5. The van der Waals surface area contributed by atoms with Gasteiger partial charge in [0.1, 0.15) is 24.2 Å². The van der Waals surface area contributed by atoms with Gasteiger partial charge in [0.2, 0.25) is 17.7 Å². The Bertz CT molecular complexity index is 537. The second kappa shape index (κ2) is 11.5. The first kappa shape index (κ1) is 24.8. The Hall–Kier alpha value is -2.16. The Morgan fingerprint density at radius 3 is 1.70 bits per heavy atom. The monoisotopic (exact) mass is 387 g/mol. The molecule has 5 N–H and O–H groups in total. The smallest absolute Gasteiger partial charge is 0.326 e. The fourth-order valence-electron chi connectivity index (χ4n) is 2.30. The van der Waals surface area contributed by atoms with E-state index in [1.807, 2.05) is 6.92 Å². The number of aliphatic carboxylic acids is 1. The molecule has 0 heterocycles. The Balaban J connectivity index is 5.06. The van der Waals surface area contributed by atoms with Gasteiger partial charge in [-0.15, -0.1) is 0 Å². The van der Waals surface area contributed by atoms with Gasteiger partial charge in [0, 0.05) is 0 Å². The zero-order chi connectivity index (χ0) is 21.3. The molecule has 0 saturated heterocycles. The van der Waals surface area contributed by atoms with Gasteiger partial charge in [-0.05, 0) is 25.2 Å². The zero-order valence-corrected chi connectivity index (χ0v) is 16.9. The van der Waals surface area contributed by atoms with Gasteiger partial charge >= 0.3 is 5.97 Å². The van der Waals surface area contributed by atoms with Crippen LogP contribution in [0.1, 0.15) is 54.4 Å². The third kappa shape index (κ3) is 7.94. The predicted octanol–water partition coefficient (Wildman–Crippen LogP) is 0.0183. The van der Waals surface area contributed by atoms with E-state index in [1.165, 1.54) is 6.92 Å². The molecular weight excluding hydrogens is 354 g/mol. The average molecular weight is 387 g/mol.